The van der Waals surface area contributed by atoms with E-state index < -0.39 is 0 Å². The molecule has 1 nitrogen and oxygen atoms in total. The lowest BCUT2D eigenvalue weighted by Gasteiger charge is -2.25. The Morgan fingerprint density at radius 1 is 1.38 bits per heavy atom. The molecule has 1 aliphatic heterocycles. The Kier molecular flexibility index (Phi) is 3.72. The van der Waals surface area contributed by atoms with Gasteiger partial charge in [-0.05, 0) is 22.0 Å². The third-order valence-electron chi connectivity index (χ3n) is 2.10. The maximum Gasteiger partial charge on any atom is 0.0328 e. The summed E-state index contributed by atoms with van der Waals surface area (Å²) in [6.07, 6.45) is 0. The van der Waals surface area contributed by atoms with Crippen molar-refractivity contribution in [3.63, 3.8) is 0 Å². The Morgan fingerprint density at radius 2 is 2.15 bits per heavy atom. The number of thiophene rings is 1. The van der Waals surface area contributed by atoms with Crippen LogP contribution in [0.4, 0.5) is 0 Å². The molecule has 72 valence electrons. The number of hydrogen-bond acceptors (Lipinski definition) is 3. The molecule has 1 aromatic heterocycles. The van der Waals surface area contributed by atoms with E-state index in [1.54, 1.807) is 0 Å². The highest BCUT2D eigenvalue weighted by molar-refractivity contribution is 9.10. The van der Waals surface area contributed by atoms with Gasteiger partial charge in [0, 0.05) is 45.9 Å². The summed E-state index contributed by atoms with van der Waals surface area (Å²) in [5.74, 6) is 2.60. The predicted molar refractivity (Wildman–Crippen MR) is 64.6 cm³/mol. The van der Waals surface area contributed by atoms with Gasteiger partial charge in [0.15, 0.2) is 0 Å². The smallest absolute Gasteiger partial charge is 0.0328 e. The van der Waals surface area contributed by atoms with Gasteiger partial charge in [-0.25, -0.2) is 0 Å². The van der Waals surface area contributed by atoms with Crippen LogP contribution in [0.15, 0.2) is 15.9 Å². The predicted octanol–water partition coefficient (Wildman–Crippen LogP) is 3.06. The van der Waals surface area contributed by atoms with E-state index in [2.05, 4.69) is 44.0 Å². The standard InChI is InChI=1S/C9H12BrNS2/c10-8-5-9(13-7-8)6-11-1-3-12-4-2-11/h5,7H,1-4,6H2. The first-order valence-corrected chi connectivity index (χ1v) is 7.20. The van der Waals surface area contributed by atoms with Crippen LogP contribution in [0.2, 0.25) is 0 Å². The van der Waals surface area contributed by atoms with Crippen LogP contribution in [0.25, 0.3) is 0 Å². The van der Waals surface area contributed by atoms with Crippen molar-refractivity contribution in [1.82, 2.24) is 4.90 Å². The van der Waals surface area contributed by atoms with E-state index in [0.717, 1.165) is 6.54 Å². The number of hydrogen-bond donors (Lipinski definition) is 0. The molecule has 0 aliphatic carbocycles. The minimum atomic E-state index is 1.14. The number of thioether (sulfide) groups is 1. The normalized spacial score (nSPS) is 19.2. The lowest BCUT2D eigenvalue weighted by molar-refractivity contribution is 0.297. The molecule has 1 saturated heterocycles. The summed E-state index contributed by atoms with van der Waals surface area (Å²) >= 11 is 7.40. The van der Waals surface area contributed by atoms with Crippen LogP contribution in [-0.4, -0.2) is 29.5 Å². The van der Waals surface area contributed by atoms with Gasteiger partial charge in [0.2, 0.25) is 0 Å². The number of rotatable bonds is 2. The van der Waals surface area contributed by atoms with Crippen molar-refractivity contribution in [2.75, 3.05) is 24.6 Å². The molecule has 1 aliphatic rings. The molecule has 0 radical (unpaired) electrons. The molecule has 0 spiro atoms. The lowest BCUT2D eigenvalue weighted by atomic mass is 10.4. The Morgan fingerprint density at radius 3 is 2.77 bits per heavy atom. The number of halogens is 1. The van der Waals surface area contributed by atoms with E-state index in [1.165, 1.54) is 33.9 Å². The molecule has 2 rings (SSSR count). The quantitative estimate of drug-likeness (QED) is 0.818. The number of nitrogens with zero attached hydrogens (tertiary/aromatic N) is 1. The van der Waals surface area contributed by atoms with Crippen LogP contribution in [0.3, 0.4) is 0 Å². The highest BCUT2D eigenvalue weighted by atomic mass is 79.9. The zero-order valence-electron chi connectivity index (χ0n) is 7.33. The molecule has 13 heavy (non-hydrogen) atoms. The molecule has 1 fully saturated rings. The molecule has 1 aromatic rings. The topological polar surface area (TPSA) is 3.24 Å². The van der Waals surface area contributed by atoms with Crippen LogP contribution >= 0.6 is 39.0 Å². The van der Waals surface area contributed by atoms with Gasteiger partial charge < -0.3 is 0 Å². The molecule has 0 amide bonds. The molecule has 4 heteroatoms. The minimum Gasteiger partial charge on any atom is -0.297 e. The fraction of sp³-hybridized carbons (Fsp3) is 0.556. The van der Waals surface area contributed by atoms with Crippen LogP contribution < -0.4 is 0 Å². The van der Waals surface area contributed by atoms with Gasteiger partial charge in [0.1, 0.15) is 0 Å². The van der Waals surface area contributed by atoms with E-state index in [4.69, 9.17) is 0 Å². The first kappa shape index (κ1) is 10.0. The van der Waals surface area contributed by atoms with Crippen molar-refractivity contribution in [3.8, 4) is 0 Å². The van der Waals surface area contributed by atoms with Gasteiger partial charge in [-0.1, -0.05) is 0 Å². The SMILES string of the molecule is Brc1csc(CN2CCSCC2)c1. The zero-order valence-corrected chi connectivity index (χ0v) is 10.6. The van der Waals surface area contributed by atoms with Gasteiger partial charge in [-0.15, -0.1) is 11.3 Å². The highest BCUT2D eigenvalue weighted by Gasteiger charge is 2.11. The third kappa shape index (κ3) is 2.98. The van der Waals surface area contributed by atoms with Crippen LogP contribution in [0.5, 0.6) is 0 Å². The highest BCUT2D eigenvalue weighted by Crippen LogP contribution is 2.22. The van der Waals surface area contributed by atoms with Crippen molar-refractivity contribution in [3.05, 3.63) is 20.8 Å². The summed E-state index contributed by atoms with van der Waals surface area (Å²) in [5.41, 5.74) is 0. The van der Waals surface area contributed by atoms with Gasteiger partial charge in [-0.2, -0.15) is 11.8 Å². The van der Waals surface area contributed by atoms with E-state index in [-0.39, 0.29) is 0 Å². The third-order valence-corrected chi connectivity index (χ3v) is 4.73. The molecule has 0 aromatic carbocycles. The first-order valence-electron chi connectivity index (χ1n) is 4.37. The molecule has 0 N–H and O–H groups in total. The monoisotopic (exact) mass is 277 g/mol. The summed E-state index contributed by atoms with van der Waals surface area (Å²) in [6, 6.07) is 2.23. The second kappa shape index (κ2) is 4.82. The summed E-state index contributed by atoms with van der Waals surface area (Å²) in [5, 5.41) is 2.16. The summed E-state index contributed by atoms with van der Waals surface area (Å²) < 4.78 is 1.22. The van der Waals surface area contributed by atoms with Gasteiger partial charge in [0.25, 0.3) is 0 Å². The van der Waals surface area contributed by atoms with E-state index >= 15 is 0 Å². The lowest BCUT2D eigenvalue weighted by Crippen LogP contribution is -2.31. The van der Waals surface area contributed by atoms with Crippen LogP contribution in [0.1, 0.15) is 4.88 Å². The largest absolute Gasteiger partial charge is 0.297 e. The molecule has 0 unspecified atom stereocenters. The maximum absolute atomic E-state index is 3.48. The Labute approximate surface area is 95.6 Å². The minimum absolute atomic E-state index is 1.14. The van der Waals surface area contributed by atoms with Crippen LogP contribution in [-0.2, 0) is 6.54 Å². The van der Waals surface area contributed by atoms with E-state index in [9.17, 15) is 0 Å². The average molecular weight is 278 g/mol. The van der Waals surface area contributed by atoms with Crippen molar-refractivity contribution in [2.24, 2.45) is 0 Å². The molecule has 0 bridgehead atoms. The second-order valence-electron chi connectivity index (χ2n) is 3.12. The Bertz CT molecular complexity index is 268. The average Bonchev–Trinajstić information content (AvgIpc) is 2.53. The summed E-state index contributed by atoms with van der Waals surface area (Å²) in [7, 11) is 0. The maximum atomic E-state index is 3.48. The van der Waals surface area contributed by atoms with Crippen molar-refractivity contribution in [1.29, 1.82) is 0 Å². The van der Waals surface area contributed by atoms with Crippen LogP contribution in [0, 0.1) is 0 Å². The fourth-order valence-corrected chi connectivity index (χ4v) is 3.89. The molecular weight excluding hydrogens is 266 g/mol. The molecule has 0 saturated carbocycles. The van der Waals surface area contributed by atoms with E-state index in [0.29, 0.717) is 0 Å². The summed E-state index contributed by atoms with van der Waals surface area (Å²) in [4.78, 5) is 4.01. The van der Waals surface area contributed by atoms with Gasteiger partial charge in [-0.3, -0.25) is 4.90 Å². The van der Waals surface area contributed by atoms with Crippen molar-refractivity contribution >= 4 is 39.0 Å². The Balaban J connectivity index is 1.89. The first-order chi connectivity index (χ1) is 6.34. The van der Waals surface area contributed by atoms with E-state index in [1.807, 2.05) is 11.3 Å². The second-order valence-corrected chi connectivity index (χ2v) is 6.26. The molecule has 2 heterocycles. The van der Waals surface area contributed by atoms with Gasteiger partial charge in [0.05, 0.1) is 0 Å². The molecular formula is C9H12BrNS2. The summed E-state index contributed by atoms with van der Waals surface area (Å²) in [6.45, 7) is 3.64. The fourth-order valence-electron chi connectivity index (χ4n) is 1.42. The van der Waals surface area contributed by atoms with Crippen molar-refractivity contribution < 1.29 is 0 Å². The van der Waals surface area contributed by atoms with Crippen molar-refractivity contribution in [2.45, 2.75) is 6.54 Å². The zero-order chi connectivity index (χ0) is 9.10. The Hall–Kier alpha value is 0.490. The van der Waals surface area contributed by atoms with Gasteiger partial charge >= 0.3 is 0 Å². The molecule has 0 atom stereocenters.